The second-order valence-electron chi connectivity index (χ2n) is 6.75. The molecule has 0 spiro atoms. The first-order valence-electron chi connectivity index (χ1n) is 9.35. The van der Waals surface area contributed by atoms with Crippen LogP contribution in [0, 0.1) is 6.92 Å². The minimum atomic E-state index is -0.694. The summed E-state index contributed by atoms with van der Waals surface area (Å²) in [5, 5.41) is 8.34. The van der Waals surface area contributed by atoms with Gasteiger partial charge in [0.2, 0.25) is 0 Å². The fourth-order valence-electron chi connectivity index (χ4n) is 3.18. The maximum atomic E-state index is 12.1. The second kappa shape index (κ2) is 8.71. The molecular formula is C20H21N5O2S2. The number of anilines is 2. The number of rotatable bonds is 5. The van der Waals surface area contributed by atoms with Gasteiger partial charge in [-0.2, -0.15) is 0 Å². The Bertz CT molecular complexity index is 1010. The molecular weight excluding hydrogens is 406 g/mol. The third-order valence-electron chi connectivity index (χ3n) is 4.67. The van der Waals surface area contributed by atoms with E-state index in [2.05, 4.69) is 36.9 Å². The second-order valence-corrected chi connectivity index (χ2v) is 9.07. The number of amides is 2. The molecule has 0 saturated heterocycles. The zero-order chi connectivity index (χ0) is 20.2. The molecule has 0 bridgehead atoms. The Morgan fingerprint density at radius 2 is 2.07 bits per heavy atom. The maximum absolute atomic E-state index is 12.1. The zero-order valence-corrected chi connectivity index (χ0v) is 17.6. The Labute approximate surface area is 176 Å². The van der Waals surface area contributed by atoms with E-state index >= 15 is 0 Å². The molecule has 7 nitrogen and oxygen atoms in total. The molecule has 0 radical (unpaired) electrons. The van der Waals surface area contributed by atoms with Crippen molar-refractivity contribution >= 4 is 46.0 Å². The molecule has 2 amide bonds. The van der Waals surface area contributed by atoms with Gasteiger partial charge in [-0.25, -0.2) is 9.97 Å². The molecule has 9 heteroatoms. The minimum Gasteiger partial charge on any atom is -0.352 e. The highest BCUT2D eigenvalue weighted by Crippen LogP contribution is 2.27. The van der Waals surface area contributed by atoms with E-state index in [1.54, 1.807) is 41.1 Å². The number of thiazole rings is 1. The van der Waals surface area contributed by atoms with Crippen LogP contribution in [-0.2, 0) is 29.0 Å². The number of aryl methyl sites for hydroxylation is 1. The molecule has 3 aromatic rings. The first kappa shape index (κ1) is 19.5. The summed E-state index contributed by atoms with van der Waals surface area (Å²) in [5.41, 5.74) is 1.85. The Kier molecular flexibility index (Phi) is 5.86. The number of aromatic nitrogens is 2. The SMILES string of the molecule is Cc1ncc(CCNC(=O)C(=O)Nc2ccc(N3CCc4sccc4C3)nc2)s1. The Morgan fingerprint density at radius 3 is 2.83 bits per heavy atom. The van der Waals surface area contributed by atoms with Gasteiger partial charge in [-0.15, -0.1) is 22.7 Å². The van der Waals surface area contributed by atoms with Crippen molar-refractivity contribution in [3.63, 3.8) is 0 Å². The van der Waals surface area contributed by atoms with Crippen LogP contribution in [0.25, 0.3) is 0 Å². The van der Waals surface area contributed by atoms with Gasteiger partial charge in [0.25, 0.3) is 0 Å². The number of nitrogens with one attached hydrogen (secondary N) is 2. The molecule has 4 heterocycles. The largest absolute Gasteiger partial charge is 0.352 e. The van der Waals surface area contributed by atoms with Crippen LogP contribution >= 0.6 is 22.7 Å². The molecule has 0 fully saturated rings. The Hall–Kier alpha value is -2.78. The number of carbonyl (C=O) groups excluding carboxylic acids is 2. The van der Waals surface area contributed by atoms with Crippen molar-refractivity contribution in [3.8, 4) is 0 Å². The number of hydrogen-bond donors (Lipinski definition) is 2. The van der Waals surface area contributed by atoms with Gasteiger partial charge in [0.15, 0.2) is 0 Å². The van der Waals surface area contributed by atoms with Crippen LogP contribution in [0.5, 0.6) is 0 Å². The lowest BCUT2D eigenvalue weighted by Gasteiger charge is -2.28. The van der Waals surface area contributed by atoms with E-state index in [1.165, 1.54) is 10.4 Å². The molecule has 1 aliphatic rings. The number of hydrogen-bond acceptors (Lipinski definition) is 7. The van der Waals surface area contributed by atoms with Gasteiger partial charge < -0.3 is 15.5 Å². The monoisotopic (exact) mass is 427 g/mol. The predicted molar refractivity (Wildman–Crippen MR) is 116 cm³/mol. The standard InChI is InChI=1S/C20H21N5O2S2/c1-13-22-11-16(29-13)4-7-21-19(26)20(27)24-15-2-3-18(23-10-15)25-8-5-17-14(12-25)6-9-28-17/h2-3,6,9-11H,4-5,7-8,12H2,1H3,(H,21,26)(H,24,27). The van der Waals surface area contributed by atoms with Gasteiger partial charge in [-0.1, -0.05) is 0 Å². The molecule has 0 aliphatic carbocycles. The summed E-state index contributed by atoms with van der Waals surface area (Å²) in [6, 6.07) is 5.81. The Morgan fingerprint density at radius 1 is 1.17 bits per heavy atom. The van der Waals surface area contributed by atoms with Gasteiger partial charge in [0.1, 0.15) is 5.82 Å². The van der Waals surface area contributed by atoms with Gasteiger partial charge in [0.05, 0.1) is 16.9 Å². The summed E-state index contributed by atoms with van der Waals surface area (Å²) < 4.78 is 0. The number of nitrogens with zero attached hydrogens (tertiary/aromatic N) is 3. The van der Waals surface area contributed by atoms with Crippen molar-refractivity contribution in [2.45, 2.75) is 26.3 Å². The molecule has 29 heavy (non-hydrogen) atoms. The van der Waals surface area contributed by atoms with Crippen molar-refractivity contribution in [1.82, 2.24) is 15.3 Å². The summed E-state index contributed by atoms with van der Waals surface area (Å²) in [6.07, 6.45) is 5.06. The molecule has 4 rings (SSSR count). The predicted octanol–water partition coefficient (Wildman–Crippen LogP) is 2.77. The van der Waals surface area contributed by atoms with E-state index in [0.717, 1.165) is 35.2 Å². The van der Waals surface area contributed by atoms with Crippen LogP contribution in [-0.4, -0.2) is 34.9 Å². The van der Waals surface area contributed by atoms with E-state index < -0.39 is 11.8 Å². The van der Waals surface area contributed by atoms with E-state index in [-0.39, 0.29) is 0 Å². The zero-order valence-electron chi connectivity index (χ0n) is 16.0. The molecule has 2 N–H and O–H groups in total. The first-order chi connectivity index (χ1) is 14.1. The average Bonchev–Trinajstić information content (AvgIpc) is 3.36. The summed E-state index contributed by atoms with van der Waals surface area (Å²) in [7, 11) is 0. The minimum absolute atomic E-state index is 0.393. The van der Waals surface area contributed by atoms with E-state index in [1.807, 2.05) is 13.0 Å². The fourth-order valence-corrected chi connectivity index (χ4v) is 4.86. The van der Waals surface area contributed by atoms with Gasteiger partial charge in [0, 0.05) is 42.0 Å². The highest BCUT2D eigenvalue weighted by atomic mass is 32.1. The lowest BCUT2D eigenvalue weighted by molar-refractivity contribution is -0.136. The van der Waals surface area contributed by atoms with Crippen LogP contribution in [0.1, 0.15) is 20.3 Å². The van der Waals surface area contributed by atoms with Crippen molar-refractivity contribution in [2.24, 2.45) is 0 Å². The summed E-state index contributed by atoms with van der Waals surface area (Å²) in [6.45, 7) is 4.10. The highest BCUT2D eigenvalue weighted by Gasteiger charge is 2.19. The highest BCUT2D eigenvalue weighted by molar-refractivity contribution is 7.11. The number of carbonyl (C=O) groups is 2. The van der Waals surface area contributed by atoms with Gasteiger partial charge in [-0.3, -0.25) is 9.59 Å². The molecule has 150 valence electrons. The van der Waals surface area contributed by atoms with Crippen molar-refractivity contribution in [2.75, 3.05) is 23.3 Å². The van der Waals surface area contributed by atoms with Crippen LogP contribution in [0.4, 0.5) is 11.5 Å². The van der Waals surface area contributed by atoms with Crippen LogP contribution in [0.2, 0.25) is 0 Å². The molecule has 3 aromatic heterocycles. The normalized spacial score (nSPS) is 13.1. The van der Waals surface area contributed by atoms with Crippen LogP contribution < -0.4 is 15.5 Å². The topological polar surface area (TPSA) is 87.2 Å². The molecule has 0 saturated carbocycles. The van der Waals surface area contributed by atoms with E-state index in [0.29, 0.717) is 18.7 Å². The molecule has 1 aliphatic heterocycles. The number of fused-ring (bicyclic) bond motifs is 1. The van der Waals surface area contributed by atoms with E-state index in [9.17, 15) is 9.59 Å². The summed E-state index contributed by atoms with van der Waals surface area (Å²) in [4.78, 5) is 37.4. The lowest BCUT2D eigenvalue weighted by Crippen LogP contribution is -2.36. The number of thiophene rings is 1. The maximum Gasteiger partial charge on any atom is 0.313 e. The fraction of sp³-hybridized carbons (Fsp3) is 0.300. The summed E-state index contributed by atoms with van der Waals surface area (Å²) >= 11 is 3.39. The third-order valence-corrected chi connectivity index (χ3v) is 6.67. The molecule has 0 aromatic carbocycles. The smallest absolute Gasteiger partial charge is 0.313 e. The van der Waals surface area contributed by atoms with Crippen molar-refractivity contribution < 1.29 is 9.59 Å². The van der Waals surface area contributed by atoms with Gasteiger partial charge >= 0.3 is 11.8 Å². The van der Waals surface area contributed by atoms with Gasteiger partial charge in [-0.05, 0) is 42.5 Å². The van der Waals surface area contributed by atoms with Crippen LogP contribution in [0.3, 0.4) is 0 Å². The van der Waals surface area contributed by atoms with Crippen molar-refractivity contribution in [3.05, 3.63) is 56.3 Å². The van der Waals surface area contributed by atoms with Crippen molar-refractivity contribution in [1.29, 1.82) is 0 Å². The summed E-state index contributed by atoms with van der Waals surface area (Å²) in [5.74, 6) is -0.485. The first-order valence-corrected chi connectivity index (χ1v) is 11.0. The van der Waals surface area contributed by atoms with E-state index in [4.69, 9.17) is 0 Å². The lowest BCUT2D eigenvalue weighted by atomic mass is 10.1. The van der Waals surface area contributed by atoms with Crippen LogP contribution in [0.15, 0.2) is 36.0 Å². The molecule has 0 atom stereocenters. The average molecular weight is 428 g/mol. The Balaban J connectivity index is 1.27. The third kappa shape index (κ3) is 4.80. The molecule has 0 unspecified atom stereocenters. The quantitative estimate of drug-likeness (QED) is 0.612. The number of pyridine rings is 1.